The predicted octanol–water partition coefficient (Wildman–Crippen LogP) is 2.78. The molecule has 6 nitrogen and oxygen atoms in total. The molecule has 7 heteroatoms. The summed E-state index contributed by atoms with van der Waals surface area (Å²) in [5, 5.41) is 15.4. The topological polar surface area (TPSA) is 84.2 Å². The number of halogens is 1. The van der Waals surface area contributed by atoms with Crippen molar-refractivity contribution in [3.8, 4) is 5.69 Å². The largest absolute Gasteiger partial charge is 0.481 e. The van der Waals surface area contributed by atoms with E-state index < -0.39 is 11.8 Å². The van der Waals surface area contributed by atoms with Crippen molar-refractivity contribution in [2.45, 2.75) is 32.1 Å². The number of carbonyl (C=O) groups is 2. The molecule has 0 spiro atoms. The maximum Gasteiger partial charge on any atom is 0.303 e. The molecule has 0 aliphatic rings. The summed E-state index contributed by atoms with van der Waals surface area (Å²) in [5.41, 5.74) is 0.513. The molecule has 1 heterocycles. The monoisotopic (exact) mass is 333 g/mol. The van der Waals surface area contributed by atoms with Gasteiger partial charge in [0.15, 0.2) is 5.69 Å². The van der Waals surface area contributed by atoms with E-state index in [4.69, 9.17) is 5.11 Å². The fourth-order valence-electron chi connectivity index (χ4n) is 2.26. The molecule has 0 saturated heterocycles. The number of carboxylic acid groups (broad SMARTS) is 1. The lowest BCUT2D eigenvalue weighted by molar-refractivity contribution is -0.137. The molecular weight excluding hydrogens is 313 g/mol. The van der Waals surface area contributed by atoms with Gasteiger partial charge in [0.25, 0.3) is 5.91 Å². The summed E-state index contributed by atoms with van der Waals surface area (Å²) in [7, 11) is 0. The van der Waals surface area contributed by atoms with Crippen molar-refractivity contribution in [2.75, 3.05) is 6.54 Å². The standard InChI is InChI=1S/C17H20FN3O3/c18-13-7-4-5-8-15(13)21-12-10-14(20-21)17(24)19-11-6-2-1-3-9-16(22)23/h4-5,7-8,10,12H,1-3,6,9,11H2,(H,19,24)(H,22,23). The third-order valence-electron chi connectivity index (χ3n) is 3.52. The summed E-state index contributed by atoms with van der Waals surface area (Å²) in [6, 6.07) is 7.74. The van der Waals surface area contributed by atoms with Gasteiger partial charge in [-0.15, -0.1) is 0 Å². The molecule has 0 aliphatic carbocycles. The van der Waals surface area contributed by atoms with Crippen LogP contribution in [0.3, 0.4) is 0 Å². The molecule has 2 aromatic rings. The molecule has 0 radical (unpaired) electrons. The molecule has 0 fully saturated rings. The number of carboxylic acids is 1. The quantitative estimate of drug-likeness (QED) is 0.691. The number of aromatic nitrogens is 2. The number of nitrogens with zero attached hydrogens (tertiary/aromatic N) is 2. The second-order valence-electron chi connectivity index (χ2n) is 5.41. The molecule has 128 valence electrons. The first kappa shape index (κ1) is 17.7. The van der Waals surface area contributed by atoms with Crippen LogP contribution in [0.2, 0.25) is 0 Å². The smallest absolute Gasteiger partial charge is 0.303 e. The van der Waals surface area contributed by atoms with Crippen LogP contribution >= 0.6 is 0 Å². The SMILES string of the molecule is O=C(O)CCCCCCNC(=O)c1ccn(-c2ccccc2F)n1. The van der Waals surface area contributed by atoms with Crippen molar-refractivity contribution in [1.29, 1.82) is 0 Å². The van der Waals surface area contributed by atoms with E-state index >= 15 is 0 Å². The molecule has 1 aromatic carbocycles. The number of aliphatic carboxylic acids is 1. The van der Waals surface area contributed by atoms with Crippen LogP contribution in [0.1, 0.15) is 42.6 Å². The van der Waals surface area contributed by atoms with Crippen molar-refractivity contribution < 1.29 is 19.1 Å². The molecular formula is C17H20FN3O3. The Morgan fingerprint density at radius 2 is 1.88 bits per heavy atom. The van der Waals surface area contributed by atoms with E-state index in [1.165, 1.54) is 16.8 Å². The van der Waals surface area contributed by atoms with E-state index in [0.717, 1.165) is 19.3 Å². The van der Waals surface area contributed by atoms with Gasteiger partial charge < -0.3 is 10.4 Å². The van der Waals surface area contributed by atoms with Crippen LogP contribution in [0.25, 0.3) is 5.69 Å². The number of unbranched alkanes of at least 4 members (excludes halogenated alkanes) is 3. The Morgan fingerprint density at radius 3 is 2.62 bits per heavy atom. The molecule has 0 saturated carbocycles. The zero-order chi connectivity index (χ0) is 17.4. The lowest BCUT2D eigenvalue weighted by Gasteiger charge is -2.04. The maximum absolute atomic E-state index is 13.7. The summed E-state index contributed by atoms with van der Waals surface area (Å²) in [6.45, 7) is 0.498. The summed E-state index contributed by atoms with van der Waals surface area (Å²) < 4.78 is 15.0. The van der Waals surface area contributed by atoms with Crippen LogP contribution in [0, 0.1) is 5.82 Å². The first-order chi connectivity index (χ1) is 11.6. The number of para-hydroxylation sites is 1. The zero-order valence-electron chi connectivity index (χ0n) is 13.2. The van der Waals surface area contributed by atoms with Crippen molar-refractivity contribution in [2.24, 2.45) is 0 Å². The Hall–Kier alpha value is -2.70. The van der Waals surface area contributed by atoms with E-state index in [-0.39, 0.29) is 23.7 Å². The minimum absolute atomic E-state index is 0.180. The molecule has 0 atom stereocenters. The van der Waals surface area contributed by atoms with E-state index in [1.807, 2.05) is 0 Å². The Balaban J connectivity index is 1.76. The van der Waals surface area contributed by atoms with Gasteiger partial charge in [0.05, 0.1) is 0 Å². The summed E-state index contributed by atoms with van der Waals surface area (Å²) >= 11 is 0. The molecule has 24 heavy (non-hydrogen) atoms. The fourth-order valence-corrected chi connectivity index (χ4v) is 2.26. The predicted molar refractivity (Wildman–Crippen MR) is 86.6 cm³/mol. The summed E-state index contributed by atoms with van der Waals surface area (Å²) in [4.78, 5) is 22.4. The van der Waals surface area contributed by atoms with E-state index in [2.05, 4.69) is 10.4 Å². The van der Waals surface area contributed by atoms with Crippen LogP contribution in [0.15, 0.2) is 36.5 Å². The average molecular weight is 333 g/mol. The van der Waals surface area contributed by atoms with Gasteiger partial charge in [0.2, 0.25) is 0 Å². The lowest BCUT2D eigenvalue weighted by atomic mass is 10.1. The van der Waals surface area contributed by atoms with Crippen molar-refractivity contribution in [1.82, 2.24) is 15.1 Å². The van der Waals surface area contributed by atoms with Gasteiger partial charge in [0, 0.05) is 19.2 Å². The second kappa shape index (κ2) is 8.81. The third kappa shape index (κ3) is 5.19. The molecule has 1 amide bonds. The van der Waals surface area contributed by atoms with Gasteiger partial charge >= 0.3 is 5.97 Å². The first-order valence-electron chi connectivity index (χ1n) is 7.88. The van der Waals surface area contributed by atoms with Crippen molar-refractivity contribution >= 4 is 11.9 Å². The summed E-state index contributed by atoms with van der Waals surface area (Å²) in [6.07, 6.45) is 4.83. The van der Waals surface area contributed by atoms with Gasteiger partial charge in [0.1, 0.15) is 11.5 Å². The minimum atomic E-state index is -0.784. The Bertz CT molecular complexity index is 700. The summed E-state index contributed by atoms with van der Waals surface area (Å²) in [5.74, 6) is -1.50. The second-order valence-corrected chi connectivity index (χ2v) is 5.41. The number of carbonyl (C=O) groups excluding carboxylic acids is 1. The number of rotatable bonds is 9. The van der Waals surface area contributed by atoms with Crippen LogP contribution in [0.5, 0.6) is 0 Å². The Labute approximate surface area is 139 Å². The van der Waals surface area contributed by atoms with Gasteiger partial charge in [-0.2, -0.15) is 5.10 Å². The molecule has 2 rings (SSSR count). The lowest BCUT2D eigenvalue weighted by Crippen LogP contribution is -2.25. The van der Waals surface area contributed by atoms with Gasteiger partial charge in [-0.25, -0.2) is 9.07 Å². The highest BCUT2D eigenvalue weighted by molar-refractivity contribution is 5.92. The molecule has 0 aliphatic heterocycles. The van der Waals surface area contributed by atoms with Crippen LogP contribution in [-0.4, -0.2) is 33.3 Å². The normalized spacial score (nSPS) is 10.5. The van der Waals surface area contributed by atoms with Gasteiger partial charge in [-0.1, -0.05) is 25.0 Å². The van der Waals surface area contributed by atoms with Crippen molar-refractivity contribution in [3.63, 3.8) is 0 Å². The number of amides is 1. The van der Waals surface area contributed by atoms with Crippen LogP contribution in [-0.2, 0) is 4.79 Å². The molecule has 0 bridgehead atoms. The average Bonchev–Trinajstić information content (AvgIpc) is 3.03. The van der Waals surface area contributed by atoms with E-state index in [9.17, 15) is 14.0 Å². The fraction of sp³-hybridized carbons (Fsp3) is 0.353. The van der Waals surface area contributed by atoms with E-state index in [1.54, 1.807) is 24.4 Å². The molecule has 2 N–H and O–H groups in total. The van der Waals surface area contributed by atoms with Crippen LogP contribution < -0.4 is 5.32 Å². The first-order valence-corrected chi connectivity index (χ1v) is 7.88. The number of benzene rings is 1. The van der Waals surface area contributed by atoms with Gasteiger partial charge in [-0.05, 0) is 31.0 Å². The number of hydrogen-bond acceptors (Lipinski definition) is 3. The highest BCUT2D eigenvalue weighted by Crippen LogP contribution is 2.12. The zero-order valence-corrected chi connectivity index (χ0v) is 13.2. The van der Waals surface area contributed by atoms with Gasteiger partial charge in [-0.3, -0.25) is 9.59 Å². The van der Waals surface area contributed by atoms with Crippen LogP contribution in [0.4, 0.5) is 4.39 Å². The Morgan fingerprint density at radius 1 is 1.12 bits per heavy atom. The third-order valence-corrected chi connectivity index (χ3v) is 3.52. The maximum atomic E-state index is 13.7. The highest BCUT2D eigenvalue weighted by atomic mass is 19.1. The molecule has 0 unspecified atom stereocenters. The number of nitrogens with one attached hydrogen (secondary N) is 1. The van der Waals surface area contributed by atoms with Crippen molar-refractivity contribution in [3.05, 3.63) is 48.0 Å². The highest BCUT2D eigenvalue weighted by Gasteiger charge is 2.11. The molecule has 1 aromatic heterocycles. The Kier molecular flexibility index (Phi) is 6.48. The minimum Gasteiger partial charge on any atom is -0.481 e. The number of hydrogen-bond donors (Lipinski definition) is 2. The van der Waals surface area contributed by atoms with E-state index in [0.29, 0.717) is 13.0 Å².